The molecule has 0 aliphatic heterocycles. The summed E-state index contributed by atoms with van der Waals surface area (Å²) in [5.41, 5.74) is 3.31. The molecule has 1 aromatic heterocycles. The van der Waals surface area contributed by atoms with Gasteiger partial charge in [-0.15, -0.1) is 0 Å². The van der Waals surface area contributed by atoms with Crippen molar-refractivity contribution in [1.82, 2.24) is 9.78 Å². The molecule has 1 N–H and O–H groups in total. The zero-order valence-electron chi connectivity index (χ0n) is 9.59. The lowest BCUT2D eigenvalue weighted by Gasteiger charge is -2.07. The molecular weight excluding hydrogens is 200 g/mol. The third kappa shape index (κ3) is 2.31. The van der Waals surface area contributed by atoms with Crippen LogP contribution in [0, 0.1) is 6.92 Å². The van der Waals surface area contributed by atoms with Crippen molar-refractivity contribution in [2.75, 3.05) is 0 Å². The maximum atomic E-state index is 9.29. The van der Waals surface area contributed by atoms with Crippen LogP contribution in [-0.2, 0) is 6.42 Å². The molecule has 0 amide bonds. The molecule has 0 fully saturated rings. The minimum atomic E-state index is -0.294. The Bertz CT molecular complexity index is 457. The lowest BCUT2D eigenvalue weighted by Crippen LogP contribution is -2.04. The summed E-state index contributed by atoms with van der Waals surface area (Å²) >= 11 is 0. The predicted octanol–water partition coefficient (Wildman–Crippen LogP) is 2.10. The Morgan fingerprint density at radius 1 is 1.25 bits per heavy atom. The second-order valence-corrected chi connectivity index (χ2v) is 4.10. The quantitative estimate of drug-likeness (QED) is 0.853. The molecule has 2 aromatic rings. The Morgan fingerprint density at radius 2 is 1.94 bits per heavy atom. The molecule has 84 valence electrons. The first kappa shape index (κ1) is 10.9. The molecule has 0 saturated heterocycles. The summed E-state index contributed by atoms with van der Waals surface area (Å²) in [7, 11) is 0. The SMILES string of the molecule is Cc1ccnn1-c1ccc(CC(C)O)cc1. The van der Waals surface area contributed by atoms with E-state index in [2.05, 4.69) is 5.10 Å². The maximum Gasteiger partial charge on any atom is 0.0648 e. The van der Waals surface area contributed by atoms with Gasteiger partial charge in [-0.05, 0) is 44.0 Å². The molecular formula is C13H16N2O. The van der Waals surface area contributed by atoms with E-state index in [9.17, 15) is 5.11 Å². The van der Waals surface area contributed by atoms with Gasteiger partial charge in [0.05, 0.1) is 11.8 Å². The zero-order valence-corrected chi connectivity index (χ0v) is 9.59. The smallest absolute Gasteiger partial charge is 0.0648 e. The van der Waals surface area contributed by atoms with E-state index in [4.69, 9.17) is 0 Å². The first-order valence-corrected chi connectivity index (χ1v) is 5.45. The fourth-order valence-electron chi connectivity index (χ4n) is 1.75. The van der Waals surface area contributed by atoms with Gasteiger partial charge in [0.1, 0.15) is 0 Å². The summed E-state index contributed by atoms with van der Waals surface area (Å²) in [6, 6.07) is 10.1. The average molecular weight is 216 g/mol. The second kappa shape index (κ2) is 4.49. The van der Waals surface area contributed by atoms with Crippen molar-refractivity contribution in [3.05, 3.63) is 47.8 Å². The van der Waals surface area contributed by atoms with Gasteiger partial charge in [0.25, 0.3) is 0 Å². The fraction of sp³-hybridized carbons (Fsp3) is 0.308. The number of hydrogen-bond acceptors (Lipinski definition) is 2. The molecule has 3 heteroatoms. The highest BCUT2D eigenvalue weighted by Gasteiger charge is 2.02. The number of aliphatic hydroxyl groups is 1. The number of aryl methyl sites for hydroxylation is 1. The van der Waals surface area contributed by atoms with E-state index in [-0.39, 0.29) is 6.10 Å². The van der Waals surface area contributed by atoms with Gasteiger partial charge in [-0.3, -0.25) is 0 Å². The van der Waals surface area contributed by atoms with Crippen molar-refractivity contribution in [3.8, 4) is 5.69 Å². The number of hydrogen-bond donors (Lipinski definition) is 1. The van der Waals surface area contributed by atoms with Crippen LogP contribution in [0.15, 0.2) is 36.5 Å². The molecule has 16 heavy (non-hydrogen) atoms. The van der Waals surface area contributed by atoms with Crippen molar-refractivity contribution >= 4 is 0 Å². The Morgan fingerprint density at radius 3 is 2.44 bits per heavy atom. The van der Waals surface area contributed by atoms with Crippen LogP contribution in [0.1, 0.15) is 18.2 Å². The molecule has 0 bridgehead atoms. The van der Waals surface area contributed by atoms with E-state index in [0.717, 1.165) is 16.9 Å². The van der Waals surface area contributed by atoms with Gasteiger partial charge in [-0.1, -0.05) is 12.1 Å². The molecule has 0 spiro atoms. The Balaban J connectivity index is 2.23. The lowest BCUT2D eigenvalue weighted by molar-refractivity contribution is 0.195. The van der Waals surface area contributed by atoms with Gasteiger partial charge in [0.2, 0.25) is 0 Å². The van der Waals surface area contributed by atoms with E-state index >= 15 is 0 Å². The average Bonchev–Trinajstić information content (AvgIpc) is 2.65. The monoisotopic (exact) mass is 216 g/mol. The van der Waals surface area contributed by atoms with Crippen molar-refractivity contribution in [2.45, 2.75) is 26.4 Å². The van der Waals surface area contributed by atoms with Crippen LogP contribution < -0.4 is 0 Å². The number of nitrogens with zero attached hydrogens (tertiary/aromatic N) is 2. The number of aromatic nitrogens is 2. The highest BCUT2D eigenvalue weighted by Crippen LogP contribution is 2.12. The molecule has 0 saturated carbocycles. The van der Waals surface area contributed by atoms with Crippen LogP contribution in [-0.4, -0.2) is 21.0 Å². The normalized spacial score (nSPS) is 12.7. The van der Waals surface area contributed by atoms with Crippen molar-refractivity contribution in [2.24, 2.45) is 0 Å². The first-order valence-electron chi connectivity index (χ1n) is 5.45. The molecule has 0 radical (unpaired) electrons. The van der Waals surface area contributed by atoms with Gasteiger partial charge in [0.15, 0.2) is 0 Å². The molecule has 0 aliphatic rings. The van der Waals surface area contributed by atoms with Crippen LogP contribution >= 0.6 is 0 Å². The highest BCUT2D eigenvalue weighted by molar-refractivity contribution is 5.35. The Labute approximate surface area is 95.3 Å². The van der Waals surface area contributed by atoms with E-state index < -0.39 is 0 Å². The molecule has 1 heterocycles. The van der Waals surface area contributed by atoms with Gasteiger partial charge >= 0.3 is 0 Å². The number of aliphatic hydroxyl groups excluding tert-OH is 1. The molecule has 0 aliphatic carbocycles. The van der Waals surface area contributed by atoms with Crippen LogP contribution in [0.2, 0.25) is 0 Å². The Hall–Kier alpha value is -1.61. The molecule has 1 aromatic carbocycles. The summed E-state index contributed by atoms with van der Waals surface area (Å²) in [5.74, 6) is 0. The molecule has 3 nitrogen and oxygen atoms in total. The third-order valence-corrected chi connectivity index (χ3v) is 2.54. The molecule has 2 rings (SSSR count). The second-order valence-electron chi connectivity index (χ2n) is 4.10. The topological polar surface area (TPSA) is 38.0 Å². The lowest BCUT2D eigenvalue weighted by atomic mass is 10.1. The largest absolute Gasteiger partial charge is 0.393 e. The van der Waals surface area contributed by atoms with Crippen LogP contribution in [0.4, 0.5) is 0 Å². The number of rotatable bonds is 3. The summed E-state index contributed by atoms with van der Waals surface area (Å²) in [6.07, 6.45) is 2.19. The minimum Gasteiger partial charge on any atom is -0.393 e. The number of benzene rings is 1. The van der Waals surface area contributed by atoms with Crippen molar-refractivity contribution < 1.29 is 5.11 Å². The van der Waals surface area contributed by atoms with Gasteiger partial charge in [-0.25, -0.2) is 4.68 Å². The van der Waals surface area contributed by atoms with Gasteiger partial charge in [0, 0.05) is 11.9 Å². The predicted molar refractivity (Wildman–Crippen MR) is 63.7 cm³/mol. The zero-order chi connectivity index (χ0) is 11.5. The summed E-state index contributed by atoms with van der Waals surface area (Å²) in [6.45, 7) is 3.82. The maximum absolute atomic E-state index is 9.29. The standard InChI is InChI=1S/C13H16N2O/c1-10-7-8-14-15(10)13-5-3-12(4-6-13)9-11(2)16/h3-8,11,16H,9H2,1-2H3. The van der Waals surface area contributed by atoms with E-state index in [1.54, 1.807) is 13.1 Å². The van der Waals surface area contributed by atoms with Crippen molar-refractivity contribution in [1.29, 1.82) is 0 Å². The van der Waals surface area contributed by atoms with Crippen LogP contribution in [0.25, 0.3) is 5.69 Å². The minimum absolute atomic E-state index is 0.294. The summed E-state index contributed by atoms with van der Waals surface area (Å²) in [5, 5.41) is 13.5. The van der Waals surface area contributed by atoms with Gasteiger partial charge < -0.3 is 5.11 Å². The van der Waals surface area contributed by atoms with Crippen LogP contribution in [0.3, 0.4) is 0 Å². The van der Waals surface area contributed by atoms with Crippen molar-refractivity contribution in [3.63, 3.8) is 0 Å². The van der Waals surface area contributed by atoms with Crippen LogP contribution in [0.5, 0.6) is 0 Å². The molecule has 1 unspecified atom stereocenters. The van der Waals surface area contributed by atoms with Gasteiger partial charge in [-0.2, -0.15) is 5.10 Å². The van der Waals surface area contributed by atoms with E-state index in [0.29, 0.717) is 6.42 Å². The summed E-state index contributed by atoms with van der Waals surface area (Å²) in [4.78, 5) is 0. The fourth-order valence-corrected chi connectivity index (χ4v) is 1.75. The highest BCUT2D eigenvalue weighted by atomic mass is 16.3. The van der Waals surface area contributed by atoms with E-state index in [1.807, 2.05) is 41.9 Å². The van der Waals surface area contributed by atoms with E-state index in [1.165, 1.54) is 0 Å². The summed E-state index contributed by atoms with van der Waals surface area (Å²) < 4.78 is 1.89. The first-order chi connectivity index (χ1) is 7.66. The Kier molecular flexibility index (Phi) is 3.06. The third-order valence-electron chi connectivity index (χ3n) is 2.54. The molecule has 1 atom stereocenters.